The summed E-state index contributed by atoms with van der Waals surface area (Å²) in [5.41, 5.74) is 1.35. The summed E-state index contributed by atoms with van der Waals surface area (Å²) in [7, 11) is 4.38. The third-order valence-corrected chi connectivity index (χ3v) is 4.33. The van der Waals surface area contributed by atoms with E-state index in [9.17, 15) is 0 Å². The predicted octanol–water partition coefficient (Wildman–Crippen LogP) is 1.65. The zero-order chi connectivity index (χ0) is 16.5. The van der Waals surface area contributed by atoms with Gasteiger partial charge < -0.3 is 15.5 Å². The fraction of sp³-hybridized carbons (Fsp3) is 0.611. The van der Waals surface area contributed by atoms with Crippen molar-refractivity contribution >= 4 is 29.9 Å². The number of piperazine rings is 1. The fourth-order valence-electron chi connectivity index (χ4n) is 2.81. The first kappa shape index (κ1) is 21.2. The molecule has 2 rings (SSSR count). The molecule has 6 heteroatoms. The van der Waals surface area contributed by atoms with Crippen LogP contribution >= 0.6 is 24.0 Å². The number of hydrogen-bond acceptors (Lipinski definition) is 3. The van der Waals surface area contributed by atoms with Crippen LogP contribution in [0.25, 0.3) is 0 Å². The van der Waals surface area contributed by atoms with E-state index in [2.05, 4.69) is 71.8 Å². The molecular weight excluding hydrogens is 413 g/mol. The van der Waals surface area contributed by atoms with E-state index in [1.807, 2.05) is 0 Å². The molecule has 136 valence electrons. The van der Waals surface area contributed by atoms with Crippen molar-refractivity contribution in [1.29, 1.82) is 0 Å². The molecule has 0 spiro atoms. The molecule has 2 N–H and O–H groups in total. The molecule has 1 atom stereocenters. The van der Waals surface area contributed by atoms with E-state index in [0.717, 1.165) is 51.6 Å². The first-order chi connectivity index (χ1) is 11.2. The molecule has 0 saturated carbocycles. The van der Waals surface area contributed by atoms with Crippen molar-refractivity contribution in [2.75, 3.05) is 53.4 Å². The molecule has 1 aliphatic rings. The quantitative estimate of drug-likeness (QED) is 0.397. The van der Waals surface area contributed by atoms with Crippen LogP contribution in [0.5, 0.6) is 0 Å². The van der Waals surface area contributed by atoms with Gasteiger partial charge in [0.1, 0.15) is 0 Å². The zero-order valence-electron chi connectivity index (χ0n) is 15.2. The van der Waals surface area contributed by atoms with Gasteiger partial charge in [0.2, 0.25) is 0 Å². The second-order valence-electron chi connectivity index (χ2n) is 6.28. The van der Waals surface area contributed by atoms with Crippen LogP contribution in [0.1, 0.15) is 12.5 Å². The SMILES string of the molecule is CCNC(=NCC1CN(C)CCN1C)NCCc1ccccc1.I. The lowest BCUT2D eigenvalue weighted by atomic mass is 10.1. The minimum Gasteiger partial charge on any atom is -0.357 e. The van der Waals surface area contributed by atoms with Crippen molar-refractivity contribution in [3.05, 3.63) is 35.9 Å². The highest BCUT2D eigenvalue weighted by Crippen LogP contribution is 2.06. The Morgan fingerprint density at radius 3 is 2.62 bits per heavy atom. The number of halogens is 1. The monoisotopic (exact) mass is 445 g/mol. The number of benzene rings is 1. The van der Waals surface area contributed by atoms with Crippen LogP contribution in [-0.4, -0.2) is 75.2 Å². The third-order valence-electron chi connectivity index (χ3n) is 4.33. The van der Waals surface area contributed by atoms with Gasteiger partial charge in [-0.1, -0.05) is 30.3 Å². The Labute approximate surface area is 163 Å². The van der Waals surface area contributed by atoms with E-state index in [1.54, 1.807) is 0 Å². The number of nitrogens with zero attached hydrogens (tertiary/aromatic N) is 3. The molecule has 0 amide bonds. The number of hydrogen-bond donors (Lipinski definition) is 2. The van der Waals surface area contributed by atoms with Gasteiger partial charge in [-0.2, -0.15) is 0 Å². The van der Waals surface area contributed by atoms with Crippen LogP contribution in [0.2, 0.25) is 0 Å². The molecule has 0 radical (unpaired) electrons. The van der Waals surface area contributed by atoms with Gasteiger partial charge >= 0.3 is 0 Å². The molecule has 1 unspecified atom stereocenters. The van der Waals surface area contributed by atoms with Crippen LogP contribution in [0, 0.1) is 0 Å². The maximum absolute atomic E-state index is 4.78. The Morgan fingerprint density at radius 2 is 1.92 bits per heavy atom. The number of aliphatic imine (C=N–C) groups is 1. The molecule has 1 heterocycles. The molecule has 5 nitrogen and oxygen atoms in total. The fourth-order valence-corrected chi connectivity index (χ4v) is 2.81. The van der Waals surface area contributed by atoms with Crippen LogP contribution in [0.4, 0.5) is 0 Å². The van der Waals surface area contributed by atoms with Crippen molar-refractivity contribution < 1.29 is 0 Å². The number of likely N-dealkylation sites (N-methyl/N-ethyl adjacent to an activating group) is 2. The number of rotatable bonds is 6. The summed E-state index contributed by atoms with van der Waals surface area (Å²) in [4.78, 5) is 9.58. The van der Waals surface area contributed by atoms with Gasteiger partial charge in [-0.25, -0.2) is 0 Å². The molecule has 1 fully saturated rings. The molecule has 24 heavy (non-hydrogen) atoms. The van der Waals surface area contributed by atoms with Gasteiger partial charge in [-0.15, -0.1) is 24.0 Å². The summed E-state index contributed by atoms with van der Waals surface area (Å²) in [5.74, 6) is 0.921. The minimum absolute atomic E-state index is 0. The topological polar surface area (TPSA) is 42.9 Å². The first-order valence-corrected chi connectivity index (χ1v) is 8.64. The summed E-state index contributed by atoms with van der Waals surface area (Å²) in [6.45, 7) is 8.08. The van der Waals surface area contributed by atoms with Gasteiger partial charge in [0.05, 0.1) is 6.54 Å². The highest BCUT2D eigenvalue weighted by molar-refractivity contribution is 14.0. The van der Waals surface area contributed by atoms with E-state index >= 15 is 0 Å². The lowest BCUT2D eigenvalue weighted by molar-refractivity contribution is 0.119. The second-order valence-corrected chi connectivity index (χ2v) is 6.28. The van der Waals surface area contributed by atoms with Gasteiger partial charge in [0, 0.05) is 38.8 Å². The molecule has 1 aromatic rings. The summed E-state index contributed by atoms with van der Waals surface area (Å²) in [6.07, 6.45) is 1.01. The van der Waals surface area contributed by atoms with Crippen molar-refractivity contribution in [2.24, 2.45) is 4.99 Å². The number of guanidine groups is 1. The maximum Gasteiger partial charge on any atom is 0.191 e. The molecule has 1 aliphatic heterocycles. The Kier molecular flexibility index (Phi) is 10.3. The Morgan fingerprint density at radius 1 is 1.17 bits per heavy atom. The van der Waals surface area contributed by atoms with Crippen LogP contribution < -0.4 is 10.6 Å². The van der Waals surface area contributed by atoms with Crippen LogP contribution in [0.15, 0.2) is 35.3 Å². The average Bonchev–Trinajstić information content (AvgIpc) is 2.56. The summed E-state index contributed by atoms with van der Waals surface area (Å²) in [6, 6.07) is 11.1. The van der Waals surface area contributed by atoms with Crippen molar-refractivity contribution in [1.82, 2.24) is 20.4 Å². The van der Waals surface area contributed by atoms with Gasteiger partial charge in [0.25, 0.3) is 0 Å². The molecule has 0 bridgehead atoms. The van der Waals surface area contributed by atoms with Crippen molar-refractivity contribution in [3.8, 4) is 0 Å². The number of nitrogens with one attached hydrogen (secondary N) is 2. The Bertz CT molecular complexity index is 480. The summed E-state index contributed by atoms with van der Waals surface area (Å²) < 4.78 is 0. The normalized spacial score (nSPS) is 19.6. The first-order valence-electron chi connectivity index (χ1n) is 8.64. The lowest BCUT2D eigenvalue weighted by Gasteiger charge is -2.36. The molecule has 0 aliphatic carbocycles. The van der Waals surface area contributed by atoms with E-state index in [4.69, 9.17) is 4.99 Å². The summed E-state index contributed by atoms with van der Waals surface area (Å²) in [5, 5.41) is 6.78. The Balaban J connectivity index is 0.00000288. The van der Waals surface area contributed by atoms with Crippen LogP contribution in [-0.2, 0) is 6.42 Å². The Hall–Kier alpha value is -0.860. The van der Waals surface area contributed by atoms with E-state index < -0.39 is 0 Å². The standard InChI is InChI=1S/C18H31N5.HI/c1-4-19-18(20-11-10-16-8-6-5-7-9-16)21-14-17-15-22(2)12-13-23(17)3;/h5-9,17H,4,10-15H2,1-3H3,(H2,19,20,21);1H. The van der Waals surface area contributed by atoms with Gasteiger partial charge in [-0.05, 0) is 33.0 Å². The third kappa shape index (κ3) is 7.36. The minimum atomic E-state index is 0. The molecular formula is C18H32IN5. The van der Waals surface area contributed by atoms with Crippen molar-refractivity contribution in [3.63, 3.8) is 0 Å². The van der Waals surface area contributed by atoms with E-state index in [-0.39, 0.29) is 24.0 Å². The average molecular weight is 445 g/mol. The highest BCUT2D eigenvalue weighted by Gasteiger charge is 2.21. The molecule has 0 aromatic heterocycles. The molecule has 1 saturated heterocycles. The van der Waals surface area contributed by atoms with E-state index in [1.165, 1.54) is 5.56 Å². The van der Waals surface area contributed by atoms with Crippen molar-refractivity contribution in [2.45, 2.75) is 19.4 Å². The zero-order valence-corrected chi connectivity index (χ0v) is 17.5. The lowest BCUT2D eigenvalue weighted by Crippen LogP contribution is -2.51. The van der Waals surface area contributed by atoms with E-state index in [0.29, 0.717) is 6.04 Å². The second kappa shape index (κ2) is 11.7. The predicted molar refractivity (Wildman–Crippen MR) is 113 cm³/mol. The maximum atomic E-state index is 4.78. The van der Waals surface area contributed by atoms with Gasteiger partial charge in [-0.3, -0.25) is 9.89 Å². The van der Waals surface area contributed by atoms with Crippen LogP contribution in [0.3, 0.4) is 0 Å². The smallest absolute Gasteiger partial charge is 0.191 e. The summed E-state index contributed by atoms with van der Waals surface area (Å²) >= 11 is 0. The highest BCUT2D eigenvalue weighted by atomic mass is 127. The molecule has 1 aromatic carbocycles. The van der Waals surface area contributed by atoms with Gasteiger partial charge in [0.15, 0.2) is 5.96 Å². The largest absolute Gasteiger partial charge is 0.357 e.